The summed E-state index contributed by atoms with van der Waals surface area (Å²) in [6, 6.07) is 6.56. The summed E-state index contributed by atoms with van der Waals surface area (Å²) in [7, 11) is 0. The highest BCUT2D eigenvalue weighted by molar-refractivity contribution is 5.92. The summed E-state index contributed by atoms with van der Waals surface area (Å²) < 4.78 is 5.27. The molecule has 0 spiro atoms. The number of alkyl carbamates (subject to hydrolysis) is 1. The SMILES string of the molecule is C=CCN(C(=O)C(CCC(N)=O)NC(=O)OC(C)(C)C)C(C(=O)NC(C)C)c1ccccc1. The molecule has 4 N–H and O–H groups in total. The molecule has 182 valence electrons. The van der Waals surface area contributed by atoms with Gasteiger partial charge in [-0.1, -0.05) is 36.4 Å². The third kappa shape index (κ3) is 9.76. The Balaban J connectivity index is 3.36. The summed E-state index contributed by atoms with van der Waals surface area (Å²) in [6.45, 7) is 12.5. The average molecular weight is 461 g/mol. The van der Waals surface area contributed by atoms with Crippen molar-refractivity contribution in [2.75, 3.05) is 6.54 Å². The minimum absolute atomic E-state index is 0.0347. The summed E-state index contributed by atoms with van der Waals surface area (Å²) in [6.07, 6.45) is 0.498. The van der Waals surface area contributed by atoms with Crippen molar-refractivity contribution in [1.82, 2.24) is 15.5 Å². The molecule has 0 aromatic heterocycles. The quantitative estimate of drug-likeness (QED) is 0.437. The molecular formula is C24H36N4O5. The number of primary amides is 1. The first-order chi connectivity index (χ1) is 15.4. The minimum Gasteiger partial charge on any atom is -0.444 e. The number of nitrogens with two attached hydrogens (primary N) is 1. The van der Waals surface area contributed by atoms with Crippen molar-refractivity contribution in [1.29, 1.82) is 0 Å². The number of carbonyl (C=O) groups is 4. The van der Waals surface area contributed by atoms with E-state index in [1.54, 1.807) is 51.1 Å². The van der Waals surface area contributed by atoms with E-state index in [4.69, 9.17) is 10.5 Å². The Morgan fingerprint density at radius 2 is 1.73 bits per heavy atom. The van der Waals surface area contributed by atoms with Gasteiger partial charge in [0.15, 0.2) is 0 Å². The number of hydrogen-bond acceptors (Lipinski definition) is 5. The molecule has 2 unspecified atom stereocenters. The van der Waals surface area contributed by atoms with Gasteiger partial charge in [0.05, 0.1) is 0 Å². The van der Waals surface area contributed by atoms with Crippen molar-refractivity contribution in [3.05, 3.63) is 48.6 Å². The third-order valence-corrected chi connectivity index (χ3v) is 4.38. The topological polar surface area (TPSA) is 131 Å². The number of nitrogens with one attached hydrogen (secondary N) is 2. The second kappa shape index (κ2) is 12.6. The van der Waals surface area contributed by atoms with Gasteiger partial charge in [-0.05, 0) is 46.6 Å². The minimum atomic E-state index is -1.13. The number of rotatable bonds is 11. The Labute approximate surface area is 195 Å². The van der Waals surface area contributed by atoms with Crippen molar-refractivity contribution in [3.63, 3.8) is 0 Å². The van der Waals surface area contributed by atoms with Gasteiger partial charge in [0.25, 0.3) is 0 Å². The van der Waals surface area contributed by atoms with Crippen molar-refractivity contribution >= 4 is 23.8 Å². The lowest BCUT2D eigenvalue weighted by Gasteiger charge is -2.34. The molecule has 0 aliphatic heterocycles. The van der Waals surface area contributed by atoms with Crippen molar-refractivity contribution < 1.29 is 23.9 Å². The zero-order chi connectivity index (χ0) is 25.2. The van der Waals surface area contributed by atoms with E-state index in [9.17, 15) is 19.2 Å². The van der Waals surface area contributed by atoms with Gasteiger partial charge in [0.2, 0.25) is 17.7 Å². The van der Waals surface area contributed by atoms with Crippen LogP contribution < -0.4 is 16.4 Å². The zero-order valence-corrected chi connectivity index (χ0v) is 20.1. The van der Waals surface area contributed by atoms with E-state index in [1.165, 1.54) is 11.0 Å². The Morgan fingerprint density at radius 1 is 1.12 bits per heavy atom. The van der Waals surface area contributed by atoms with E-state index in [2.05, 4.69) is 17.2 Å². The van der Waals surface area contributed by atoms with Crippen molar-refractivity contribution in [2.45, 2.75) is 71.2 Å². The summed E-state index contributed by atoms with van der Waals surface area (Å²) in [4.78, 5) is 51.9. The first kappa shape index (κ1) is 27.7. The molecule has 2 atom stereocenters. The molecule has 0 radical (unpaired) electrons. The summed E-state index contributed by atoms with van der Waals surface area (Å²) >= 11 is 0. The molecule has 1 rings (SSSR count). The first-order valence-corrected chi connectivity index (χ1v) is 10.9. The second-order valence-corrected chi connectivity index (χ2v) is 8.96. The Morgan fingerprint density at radius 3 is 2.21 bits per heavy atom. The zero-order valence-electron chi connectivity index (χ0n) is 20.1. The van der Waals surface area contributed by atoms with E-state index < -0.39 is 35.6 Å². The van der Waals surface area contributed by atoms with Crippen LogP contribution in [0, 0.1) is 0 Å². The molecule has 0 fully saturated rings. The van der Waals surface area contributed by atoms with E-state index in [1.807, 2.05) is 13.8 Å². The number of amides is 4. The second-order valence-electron chi connectivity index (χ2n) is 8.96. The third-order valence-electron chi connectivity index (χ3n) is 4.38. The van der Waals surface area contributed by atoms with Gasteiger partial charge in [-0.15, -0.1) is 6.58 Å². The fourth-order valence-electron chi connectivity index (χ4n) is 3.13. The summed E-state index contributed by atoms with van der Waals surface area (Å²) in [5.41, 5.74) is 5.08. The highest BCUT2D eigenvalue weighted by atomic mass is 16.6. The van der Waals surface area contributed by atoms with E-state index in [0.29, 0.717) is 5.56 Å². The van der Waals surface area contributed by atoms with Crippen molar-refractivity contribution in [2.24, 2.45) is 5.73 Å². The summed E-state index contributed by atoms with van der Waals surface area (Å²) in [5.74, 6) is -1.56. The van der Waals surface area contributed by atoms with Crippen molar-refractivity contribution in [3.8, 4) is 0 Å². The summed E-state index contributed by atoms with van der Waals surface area (Å²) in [5, 5.41) is 5.37. The number of carbonyl (C=O) groups excluding carboxylic acids is 4. The van der Waals surface area contributed by atoms with Gasteiger partial charge in [0, 0.05) is 19.0 Å². The van der Waals surface area contributed by atoms with E-state index >= 15 is 0 Å². The predicted molar refractivity (Wildman–Crippen MR) is 126 cm³/mol. The fourth-order valence-corrected chi connectivity index (χ4v) is 3.13. The van der Waals surface area contributed by atoms with E-state index in [0.717, 1.165) is 0 Å². The molecule has 1 aromatic carbocycles. The Kier molecular flexibility index (Phi) is 10.6. The highest BCUT2D eigenvalue weighted by Gasteiger charge is 2.35. The maximum absolute atomic E-state index is 13.6. The van der Waals surface area contributed by atoms with E-state index in [-0.39, 0.29) is 31.3 Å². The van der Waals surface area contributed by atoms with Gasteiger partial charge in [-0.3, -0.25) is 14.4 Å². The molecule has 0 aliphatic carbocycles. The van der Waals surface area contributed by atoms with Gasteiger partial charge < -0.3 is 26.0 Å². The number of hydrogen-bond donors (Lipinski definition) is 3. The fraction of sp³-hybridized carbons (Fsp3) is 0.500. The van der Waals surface area contributed by atoms with Gasteiger partial charge >= 0.3 is 6.09 Å². The van der Waals surface area contributed by atoms with Gasteiger partial charge in [-0.2, -0.15) is 0 Å². The largest absolute Gasteiger partial charge is 0.444 e. The smallest absolute Gasteiger partial charge is 0.408 e. The van der Waals surface area contributed by atoms with Crippen LogP contribution in [0.5, 0.6) is 0 Å². The van der Waals surface area contributed by atoms with Crippen LogP contribution in [0.15, 0.2) is 43.0 Å². The van der Waals surface area contributed by atoms with Crippen LogP contribution in [0.2, 0.25) is 0 Å². The number of ether oxygens (including phenoxy) is 1. The monoisotopic (exact) mass is 460 g/mol. The molecule has 0 aliphatic rings. The van der Waals surface area contributed by atoms with Gasteiger partial charge in [0.1, 0.15) is 17.7 Å². The molecule has 33 heavy (non-hydrogen) atoms. The van der Waals surface area contributed by atoms with Crippen LogP contribution in [0.3, 0.4) is 0 Å². The average Bonchev–Trinajstić information content (AvgIpc) is 2.69. The Hall–Kier alpha value is -3.36. The van der Waals surface area contributed by atoms with Gasteiger partial charge in [-0.25, -0.2) is 4.79 Å². The number of nitrogens with zero attached hydrogens (tertiary/aromatic N) is 1. The van der Waals surface area contributed by atoms with Crippen LogP contribution in [0.4, 0.5) is 4.79 Å². The van der Waals surface area contributed by atoms with Crippen LogP contribution in [0.25, 0.3) is 0 Å². The molecule has 1 aromatic rings. The lowest BCUT2D eigenvalue weighted by Crippen LogP contribution is -2.53. The predicted octanol–water partition coefficient (Wildman–Crippen LogP) is 2.43. The molecule has 0 heterocycles. The molecule has 0 saturated carbocycles. The number of benzene rings is 1. The molecule has 0 saturated heterocycles. The first-order valence-electron chi connectivity index (χ1n) is 10.9. The molecule has 9 nitrogen and oxygen atoms in total. The molecule has 4 amide bonds. The van der Waals surface area contributed by atoms with Crippen LogP contribution in [0.1, 0.15) is 59.1 Å². The van der Waals surface area contributed by atoms with Crippen LogP contribution in [-0.4, -0.2) is 52.9 Å². The van der Waals surface area contributed by atoms with Crippen LogP contribution >= 0.6 is 0 Å². The maximum Gasteiger partial charge on any atom is 0.408 e. The normalized spacial score (nSPS) is 12.9. The molecule has 9 heteroatoms. The molecule has 0 bridgehead atoms. The molecular weight excluding hydrogens is 424 g/mol. The Bertz CT molecular complexity index is 833. The lowest BCUT2D eigenvalue weighted by atomic mass is 10.0. The lowest BCUT2D eigenvalue weighted by molar-refractivity contribution is -0.142. The standard InChI is InChI=1S/C24H36N4O5/c1-7-15-28(20(21(30)26-16(2)3)17-11-9-8-10-12-17)22(31)18(13-14-19(25)29)27-23(32)33-24(4,5)6/h7-12,16,18,20H,1,13-15H2,2-6H3,(H2,25,29)(H,26,30)(H,27,32). The highest BCUT2D eigenvalue weighted by Crippen LogP contribution is 2.23. The maximum atomic E-state index is 13.6. The van der Waals surface area contributed by atoms with Crippen LogP contribution in [-0.2, 0) is 19.1 Å².